The number of benzene rings is 1. The Bertz CT molecular complexity index is 700. The minimum Gasteiger partial charge on any atom is -0.481 e. The summed E-state index contributed by atoms with van der Waals surface area (Å²) in [6.45, 7) is 1.56. The number of carboxylic acids is 1. The van der Waals surface area contributed by atoms with Gasteiger partial charge in [-0.2, -0.15) is 4.31 Å². The van der Waals surface area contributed by atoms with Gasteiger partial charge in [0.25, 0.3) is 0 Å². The Kier molecular flexibility index (Phi) is 3.77. The molecule has 0 aromatic heterocycles. The molecule has 3 N–H and O–H groups in total. The maximum Gasteiger partial charge on any atom is 0.310 e. The zero-order valence-electron chi connectivity index (χ0n) is 11.4. The Morgan fingerprint density at radius 3 is 2.57 bits per heavy atom. The van der Waals surface area contributed by atoms with Gasteiger partial charge < -0.3 is 10.8 Å². The molecule has 1 aliphatic rings. The second-order valence-electron chi connectivity index (χ2n) is 5.35. The van der Waals surface area contributed by atoms with E-state index in [2.05, 4.69) is 0 Å². The molecule has 1 heterocycles. The maximum absolute atomic E-state index is 12.5. The van der Waals surface area contributed by atoms with Crippen molar-refractivity contribution in [2.75, 3.05) is 13.1 Å². The van der Waals surface area contributed by atoms with Gasteiger partial charge in [0.1, 0.15) is 0 Å². The highest BCUT2D eigenvalue weighted by molar-refractivity contribution is 7.89. The van der Waals surface area contributed by atoms with Crippen LogP contribution in [0.2, 0.25) is 0 Å². The predicted octanol–water partition coefficient (Wildman–Crippen LogP) is 0.271. The highest BCUT2D eigenvalue weighted by Crippen LogP contribution is 2.33. The highest BCUT2D eigenvalue weighted by Gasteiger charge is 2.44. The number of nitrogens with two attached hydrogens (primary N) is 1. The van der Waals surface area contributed by atoms with Crippen LogP contribution in [0.25, 0.3) is 0 Å². The second-order valence-corrected chi connectivity index (χ2v) is 7.28. The number of nitrogens with zero attached hydrogens (tertiary/aromatic N) is 1. The van der Waals surface area contributed by atoms with E-state index in [0.717, 1.165) is 4.31 Å². The molecule has 1 aromatic rings. The first-order chi connectivity index (χ1) is 9.67. The number of carbonyl (C=O) groups excluding carboxylic acids is 1. The number of hydrogen-bond donors (Lipinski definition) is 2. The van der Waals surface area contributed by atoms with E-state index in [1.54, 1.807) is 0 Å². The van der Waals surface area contributed by atoms with Crippen LogP contribution in [0, 0.1) is 5.41 Å². The Hall–Kier alpha value is -1.93. The van der Waals surface area contributed by atoms with Gasteiger partial charge in [-0.05, 0) is 31.5 Å². The van der Waals surface area contributed by atoms with Gasteiger partial charge in [-0.1, -0.05) is 6.07 Å². The Morgan fingerprint density at radius 1 is 1.38 bits per heavy atom. The minimum atomic E-state index is -3.84. The molecule has 114 valence electrons. The molecule has 0 saturated carbocycles. The van der Waals surface area contributed by atoms with Gasteiger partial charge in [0.15, 0.2) is 0 Å². The van der Waals surface area contributed by atoms with Crippen LogP contribution >= 0.6 is 0 Å². The van der Waals surface area contributed by atoms with E-state index in [4.69, 9.17) is 10.8 Å². The van der Waals surface area contributed by atoms with Gasteiger partial charge >= 0.3 is 5.97 Å². The third kappa shape index (κ3) is 2.77. The monoisotopic (exact) mass is 312 g/mol. The summed E-state index contributed by atoms with van der Waals surface area (Å²) in [5.74, 6) is -1.74. The lowest BCUT2D eigenvalue weighted by Crippen LogP contribution is -2.35. The van der Waals surface area contributed by atoms with Crippen LogP contribution in [0.1, 0.15) is 23.7 Å². The molecule has 1 unspecified atom stereocenters. The summed E-state index contributed by atoms with van der Waals surface area (Å²) in [7, 11) is -3.84. The SMILES string of the molecule is CC1(C(=O)O)CCN(S(=O)(=O)c2cccc(C(N)=O)c2)C1. The zero-order valence-corrected chi connectivity index (χ0v) is 12.3. The van der Waals surface area contributed by atoms with Gasteiger partial charge in [0.05, 0.1) is 10.3 Å². The molecule has 2 rings (SSSR count). The molecular formula is C13H16N2O5S. The summed E-state index contributed by atoms with van der Waals surface area (Å²) in [6, 6.07) is 5.42. The van der Waals surface area contributed by atoms with Crippen molar-refractivity contribution < 1.29 is 23.1 Å². The van der Waals surface area contributed by atoms with Gasteiger partial charge in [0.2, 0.25) is 15.9 Å². The Morgan fingerprint density at radius 2 is 2.05 bits per heavy atom. The quantitative estimate of drug-likeness (QED) is 0.827. The van der Waals surface area contributed by atoms with Crippen molar-refractivity contribution in [1.29, 1.82) is 0 Å². The van der Waals surface area contributed by atoms with Gasteiger partial charge in [0, 0.05) is 18.7 Å². The van der Waals surface area contributed by atoms with Crippen molar-refractivity contribution >= 4 is 21.9 Å². The fourth-order valence-electron chi connectivity index (χ4n) is 2.26. The minimum absolute atomic E-state index is 0.0616. The fraction of sp³-hybridized carbons (Fsp3) is 0.385. The number of primary amides is 1. The topological polar surface area (TPSA) is 118 Å². The van der Waals surface area contributed by atoms with Crippen LogP contribution in [-0.2, 0) is 14.8 Å². The third-order valence-electron chi connectivity index (χ3n) is 3.71. The summed E-state index contributed by atoms with van der Waals surface area (Å²) < 4.78 is 26.1. The van der Waals surface area contributed by atoms with Crippen LogP contribution in [0.4, 0.5) is 0 Å². The number of rotatable bonds is 4. The standard InChI is InChI=1S/C13H16N2O5S/c1-13(12(17)18)5-6-15(8-13)21(19,20)10-4-2-3-9(7-10)11(14)16/h2-4,7H,5-6,8H2,1H3,(H2,14,16)(H,17,18). The van der Waals surface area contributed by atoms with Crippen LogP contribution in [-0.4, -0.2) is 42.8 Å². The van der Waals surface area contributed by atoms with E-state index in [9.17, 15) is 18.0 Å². The number of aliphatic carboxylic acids is 1. The number of carbonyl (C=O) groups is 2. The second kappa shape index (κ2) is 5.12. The summed E-state index contributed by atoms with van der Waals surface area (Å²) in [5, 5.41) is 9.16. The molecular weight excluding hydrogens is 296 g/mol. The Balaban J connectivity index is 2.34. The molecule has 0 radical (unpaired) electrons. The van der Waals surface area contributed by atoms with Crippen LogP contribution in [0.15, 0.2) is 29.2 Å². The van der Waals surface area contributed by atoms with E-state index in [-0.39, 0.29) is 30.0 Å². The molecule has 0 spiro atoms. The number of sulfonamides is 1. The molecule has 1 fully saturated rings. The van der Waals surface area contributed by atoms with Gasteiger partial charge in [-0.3, -0.25) is 9.59 Å². The maximum atomic E-state index is 12.5. The molecule has 8 heteroatoms. The molecule has 21 heavy (non-hydrogen) atoms. The van der Waals surface area contributed by atoms with E-state index in [1.165, 1.54) is 31.2 Å². The molecule has 1 amide bonds. The fourth-order valence-corrected chi connectivity index (χ4v) is 3.87. The summed E-state index contributed by atoms with van der Waals surface area (Å²) in [5.41, 5.74) is 4.14. The molecule has 1 aromatic carbocycles. The lowest BCUT2D eigenvalue weighted by atomic mass is 9.90. The van der Waals surface area contributed by atoms with Crippen molar-refractivity contribution in [3.05, 3.63) is 29.8 Å². The van der Waals surface area contributed by atoms with E-state index in [1.807, 2.05) is 0 Å². The Labute approximate surface area is 122 Å². The van der Waals surface area contributed by atoms with Crippen LogP contribution in [0.3, 0.4) is 0 Å². The number of hydrogen-bond acceptors (Lipinski definition) is 4. The van der Waals surface area contributed by atoms with Gasteiger partial charge in [-0.15, -0.1) is 0 Å². The summed E-state index contributed by atoms with van der Waals surface area (Å²) in [4.78, 5) is 22.3. The first-order valence-electron chi connectivity index (χ1n) is 6.30. The average Bonchev–Trinajstić information content (AvgIpc) is 2.84. The van der Waals surface area contributed by atoms with Crippen molar-refractivity contribution in [3.63, 3.8) is 0 Å². The largest absolute Gasteiger partial charge is 0.481 e. The number of carboxylic acid groups (broad SMARTS) is 1. The van der Waals surface area contributed by atoms with E-state index < -0.39 is 27.3 Å². The zero-order chi connectivity index (χ0) is 15.8. The predicted molar refractivity (Wildman–Crippen MR) is 74.1 cm³/mol. The van der Waals surface area contributed by atoms with E-state index in [0.29, 0.717) is 0 Å². The van der Waals surface area contributed by atoms with Crippen molar-refractivity contribution in [3.8, 4) is 0 Å². The molecule has 0 bridgehead atoms. The summed E-state index contributed by atoms with van der Waals surface area (Å²) in [6.07, 6.45) is 0.247. The van der Waals surface area contributed by atoms with Crippen molar-refractivity contribution in [2.45, 2.75) is 18.2 Å². The normalized spacial score (nSPS) is 23.1. The highest BCUT2D eigenvalue weighted by atomic mass is 32.2. The van der Waals surface area contributed by atoms with Gasteiger partial charge in [-0.25, -0.2) is 8.42 Å². The smallest absolute Gasteiger partial charge is 0.310 e. The molecule has 1 atom stereocenters. The summed E-state index contributed by atoms with van der Waals surface area (Å²) >= 11 is 0. The molecule has 7 nitrogen and oxygen atoms in total. The average molecular weight is 312 g/mol. The van der Waals surface area contributed by atoms with Crippen LogP contribution < -0.4 is 5.73 Å². The number of amides is 1. The first-order valence-corrected chi connectivity index (χ1v) is 7.74. The molecule has 1 saturated heterocycles. The first kappa shape index (κ1) is 15.5. The van der Waals surface area contributed by atoms with E-state index >= 15 is 0 Å². The molecule has 0 aliphatic carbocycles. The lowest BCUT2D eigenvalue weighted by Gasteiger charge is -2.20. The molecule has 1 aliphatic heterocycles. The van der Waals surface area contributed by atoms with Crippen molar-refractivity contribution in [1.82, 2.24) is 4.31 Å². The van der Waals surface area contributed by atoms with Crippen molar-refractivity contribution in [2.24, 2.45) is 11.1 Å². The lowest BCUT2D eigenvalue weighted by molar-refractivity contribution is -0.146. The third-order valence-corrected chi connectivity index (χ3v) is 5.55. The van der Waals surface area contributed by atoms with Crippen LogP contribution in [0.5, 0.6) is 0 Å².